The summed E-state index contributed by atoms with van der Waals surface area (Å²) < 4.78 is 0. The van der Waals surface area contributed by atoms with Crippen LogP contribution in [0, 0.1) is 23.7 Å². The topological polar surface area (TPSA) is 114 Å². The standard InChI is InChI=1S/C40H47N3O5/c1-26(2)32-23-33-38(40(48)43(39(33)47)30-16-19-42(20-17-30)24-27-9-4-3-5-10-27)34(25-44)37(32)36(46)15-14-29(35-13-6-7-18-41-35)21-28-11-8-12-31(45)22-28/h3-13,18,21-22,26,30,33-34,36,38,44-46H,14-17,19-20,23-25H2,1-2H3/b29-21-/t33-,34+,36-,38-/m1/s1. The number of allylic oxidation sites excluding steroid dienone is 2. The summed E-state index contributed by atoms with van der Waals surface area (Å²) in [7, 11) is 0. The maximum atomic E-state index is 14.2. The summed E-state index contributed by atoms with van der Waals surface area (Å²) in [4.78, 5) is 36.6. The number of aliphatic hydroxyl groups is 2. The quantitative estimate of drug-likeness (QED) is 0.180. The van der Waals surface area contributed by atoms with Crippen molar-refractivity contribution in [3.63, 3.8) is 0 Å². The smallest absolute Gasteiger partial charge is 0.234 e. The lowest BCUT2D eigenvalue weighted by Crippen LogP contribution is -2.47. The van der Waals surface area contributed by atoms with Crippen molar-refractivity contribution in [1.82, 2.24) is 14.8 Å². The molecule has 3 N–H and O–H groups in total. The van der Waals surface area contributed by atoms with Gasteiger partial charge in [0.2, 0.25) is 11.8 Å². The van der Waals surface area contributed by atoms with Crippen LogP contribution in [0.15, 0.2) is 90.1 Å². The van der Waals surface area contributed by atoms with E-state index in [1.54, 1.807) is 24.4 Å². The van der Waals surface area contributed by atoms with Gasteiger partial charge in [-0.1, -0.05) is 68.0 Å². The van der Waals surface area contributed by atoms with E-state index in [4.69, 9.17) is 0 Å². The number of likely N-dealkylation sites (tertiary alicyclic amines) is 2. The molecule has 0 unspecified atom stereocenters. The summed E-state index contributed by atoms with van der Waals surface area (Å²) in [5, 5.41) is 32.7. The second kappa shape index (κ2) is 15.0. The first-order chi connectivity index (χ1) is 23.2. The van der Waals surface area contributed by atoms with E-state index < -0.39 is 23.9 Å². The van der Waals surface area contributed by atoms with E-state index in [2.05, 4.69) is 35.9 Å². The highest BCUT2D eigenvalue weighted by molar-refractivity contribution is 6.06. The number of piperidine rings is 1. The Morgan fingerprint density at radius 3 is 2.40 bits per heavy atom. The number of phenolic OH excluding ortho intramolecular Hbond substituents is 1. The monoisotopic (exact) mass is 649 g/mol. The third-order valence-corrected chi connectivity index (χ3v) is 10.5. The summed E-state index contributed by atoms with van der Waals surface area (Å²) in [6, 6.07) is 22.9. The van der Waals surface area contributed by atoms with E-state index in [0.717, 1.165) is 54.9 Å². The molecule has 0 bridgehead atoms. The molecule has 8 nitrogen and oxygen atoms in total. The molecular formula is C40H47N3O5. The molecule has 0 spiro atoms. The minimum atomic E-state index is -0.907. The molecule has 1 aromatic heterocycles. The van der Waals surface area contributed by atoms with E-state index in [0.29, 0.717) is 24.8 Å². The Morgan fingerprint density at radius 2 is 1.73 bits per heavy atom. The van der Waals surface area contributed by atoms with E-state index in [1.807, 2.05) is 48.5 Å². The molecule has 2 saturated heterocycles. The summed E-state index contributed by atoms with van der Waals surface area (Å²) in [5.41, 5.74) is 5.43. The molecule has 3 aromatic rings. The van der Waals surface area contributed by atoms with Crippen molar-refractivity contribution in [2.45, 2.75) is 64.6 Å². The number of amides is 2. The normalized spacial score (nSPS) is 23.2. The molecule has 2 amide bonds. The number of rotatable bonds is 11. The first kappa shape index (κ1) is 33.8. The van der Waals surface area contributed by atoms with Gasteiger partial charge in [0, 0.05) is 37.8 Å². The van der Waals surface area contributed by atoms with Crippen LogP contribution < -0.4 is 0 Å². The SMILES string of the molecule is CC(C)C1=C([C@H](O)CC/C(=C/c2cccc(O)c2)c2ccccn2)[C@H](CO)[C@@H]2C(=O)N(C3CCN(Cc4ccccc4)CC3)C(=O)[C@@H]2C1. The maximum absolute atomic E-state index is 14.2. The van der Waals surface area contributed by atoms with Gasteiger partial charge in [0.25, 0.3) is 0 Å². The van der Waals surface area contributed by atoms with Gasteiger partial charge in [0.1, 0.15) is 5.75 Å². The molecule has 2 aromatic carbocycles. The predicted octanol–water partition coefficient (Wildman–Crippen LogP) is 5.70. The van der Waals surface area contributed by atoms with Gasteiger partial charge in [-0.2, -0.15) is 0 Å². The number of carbonyl (C=O) groups excluding carboxylic acids is 2. The molecule has 6 rings (SSSR count). The number of aliphatic hydroxyl groups excluding tert-OH is 2. The van der Waals surface area contributed by atoms with E-state index in [1.165, 1.54) is 10.5 Å². The number of hydrogen-bond donors (Lipinski definition) is 3. The Kier molecular flexibility index (Phi) is 10.5. The minimum absolute atomic E-state index is 0.0425. The Balaban J connectivity index is 1.20. The van der Waals surface area contributed by atoms with Crippen molar-refractivity contribution in [2.24, 2.45) is 23.7 Å². The van der Waals surface area contributed by atoms with Gasteiger partial charge in [-0.15, -0.1) is 0 Å². The summed E-state index contributed by atoms with van der Waals surface area (Å²) in [5.74, 6) is -1.92. The number of benzene rings is 2. The van der Waals surface area contributed by atoms with Crippen molar-refractivity contribution in [2.75, 3.05) is 19.7 Å². The first-order valence-corrected chi connectivity index (χ1v) is 17.3. The zero-order chi connectivity index (χ0) is 33.8. The molecule has 3 heterocycles. The van der Waals surface area contributed by atoms with Crippen molar-refractivity contribution < 1.29 is 24.9 Å². The fraction of sp³-hybridized carbons (Fsp3) is 0.425. The molecule has 2 fully saturated rings. The molecule has 8 heteroatoms. The number of nitrogens with zero attached hydrogens (tertiary/aromatic N) is 3. The van der Waals surface area contributed by atoms with Crippen molar-refractivity contribution >= 4 is 23.5 Å². The van der Waals surface area contributed by atoms with Gasteiger partial charge in [-0.3, -0.25) is 24.4 Å². The number of pyridine rings is 1. The Labute approximate surface area is 283 Å². The van der Waals surface area contributed by atoms with Gasteiger partial charge in [0.15, 0.2) is 0 Å². The lowest BCUT2D eigenvalue weighted by molar-refractivity contribution is -0.144. The lowest BCUT2D eigenvalue weighted by atomic mass is 9.66. The lowest BCUT2D eigenvalue weighted by Gasteiger charge is -2.38. The van der Waals surface area contributed by atoms with Crippen LogP contribution in [0.1, 0.15) is 62.8 Å². The van der Waals surface area contributed by atoms with Gasteiger partial charge in [-0.05, 0) is 90.6 Å². The van der Waals surface area contributed by atoms with Crippen LogP contribution in [0.4, 0.5) is 0 Å². The van der Waals surface area contributed by atoms with Crippen LogP contribution in [-0.4, -0.2) is 73.8 Å². The van der Waals surface area contributed by atoms with Gasteiger partial charge in [0.05, 0.1) is 30.2 Å². The van der Waals surface area contributed by atoms with Crippen LogP contribution >= 0.6 is 0 Å². The first-order valence-electron chi connectivity index (χ1n) is 17.3. The highest BCUT2D eigenvalue weighted by Gasteiger charge is 2.56. The number of carbonyl (C=O) groups is 2. The van der Waals surface area contributed by atoms with Crippen LogP contribution in [0.5, 0.6) is 5.75 Å². The van der Waals surface area contributed by atoms with E-state index in [-0.39, 0.29) is 36.1 Å². The molecule has 0 radical (unpaired) electrons. The minimum Gasteiger partial charge on any atom is -0.508 e. The summed E-state index contributed by atoms with van der Waals surface area (Å²) >= 11 is 0. The molecule has 2 aliphatic heterocycles. The summed E-state index contributed by atoms with van der Waals surface area (Å²) in [6.07, 6.45) is 5.51. The highest BCUT2D eigenvalue weighted by Crippen LogP contribution is 2.49. The Hall–Kier alpha value is -4.11. The van der Waals surface area contributed by atoms with Crippen molar-refractivity contribution in [3.8, 4) is 5.75 Å². The number of aromatic nitrogens is 1. The van der Waals surface area contributed by atoms with Crippen molar-refractivity contribution in [3.05, 3.63) is 107 Å². The molecule has 3 aliphatic rings. The van der Waals surface area contributed by atoms with Gasteiger partial charge in [-0.25, -0.2) is 0 Å². The van der Waals surface area contributed by atoms with Crippen LogP contribution in [0.2, 0.25) is 0 Å². The molecule has 1 aliphatic carbocycles. The van der Waals surface area contributed by atoms with Crippen LogP contribution in [0.3, 0.4) is 0 Å². The zero-order valence-electron chi connectivity index (χ0n) is 27.9. The van der Waals surface area contributed by atoms with Gasteiger partial charge < -0.3 is 15.3 Å². The highest BCUT2D eigenvalue weighted by atomic mass is 16.3. The van der Waals surface area contributed by atoms with Crippen molar-refractivity contribution in [1.29, 1.82) is 0 Å². The fourth-order valence-corrected chi connectivity index (χ4v) is 8.10. The molecular weight excluding hydrogens is 602 g/mol. The fourth-order valence-electron chi connectivity index (χ4n) is 8.10. The maximum Gasteiger partial charge on any atom is 0.234 e. The second-order valence-corrected chi connectivity index (χ2v) is 13.8. The summed E-state index contributed by atoms with van der Waals surface area (Å²) in [6.45, 7) is 6.27. The number of fused-ring (bicyclic) bond motifs is 1. The molecule has 0 saturated carbocycles. The average molecular weight is 650 g/mol. The van der Waals surface area contributed by atoms with E-state index >= 15 is 0 Å². The number of phenols is 1. The average Bonchev–Trinajstić information content (AvgIpc) is 3.35. The third kappa shape index (κ3) is 7.16. The number of hydrogen-bond acceptors (Lipinski definition) is 7. The largest absolute Gasteiger partial charge is 0.508 e. The molecule has 252 valence electrons. The van der Waals surface area contributed by atoms with Crippen LogP contribution in [-0.2, 0) is 16.1 Å². The predicted molar refractivity (Wildman–Crippen MR) is 186 cm³/mol. The second-order valence-electron chi connectivity index (χ2n) is 13.8. The third-order valence-electron chi connectivity index (χ3n) is 10.5. The Bertz CT molecular complexity index is 1650. The zero-order valence-corrected chi connectivity index (χ0v) is 27.9. The number of aromatic hydroxyl groups is 1. The molecule has 48 heavy (non-hydrogen) atoms. The van der Waals surface area contributed by atoms with Gasteiger partial charge >= 0.3 is 0 Å². The van der Waals surface area contributed by atoms with Crippen LogP contribution in [0.25, 0.3) is 11.6 Å². The molecule has 4 atom stereocenters. The number of imide groups is 1. The Morgan fingerprint density at radius 1 is 0.979 bits per heavy atom. The van der Waals surface area contributed by atoms with E-state index in [9.17, 15) is 24.9 Å².